The van der Waals surface area contributed by atoms with Crippen LogP contribution in [0.15, 0.2) is 34.9 Å². The standard InChI is InChI=1S/C17H18F3N3O4/c1-4-26-15(25)16(17(18,19)20,21-13-9-11(3)27-23-13)22-14(24)12-7-5-6-10(2)8-12/h5-9H,4H2,1-3H3,(H,21,23)(H,22,24)/t16-/m1/s1. The first kappa shape index (κ1) is 20.3. The molecule has 0 aliphatic rings. The number of hydrogen-bond donors (Lipinski definition) is 2. The molecule has 1 heterocycles. The highest BCUT2D eigenvalue weighted by Gasteiger charge is 2.64. The lowest BCUT2D eigenvalue weighted by Crippen LogP contribution is -2.69. The molecule has 1 atom stereocenters. The first-order valence-electron chi connectivity index (χ1n) is 7.93. The maximum Gasteiger partial charge on any atom is 0.441 e. The fourth-order valence-electron chi connectivity index (χ4n) is 2.28. The molecule has 27 heavy (non-hydrogen) atoms. The molecule has 10 heteroatoms. The number of aryl methyl sites for hydroxylation is 2. The van der Waals surface area contributed by atoms with Gasteiger partial charge in [0.1, 0.15) is 5.76 Å². The zero-order valence-corrected chi connectivity index (χ0v) is 14.8. The Morgan fingerprint density at radius 3 is 2.44 bits per heavy atom. The van der Waals surface area contributed by atoms with E-state index in [-0.39, 0.29) is 23.7 Å². The van der Waals surface area contributed by atoms with Crippen LogP contribution >= 0.6 is 0 Å². The van der Waals surface area contributed by atoms with Crippen LogP contribution in [0.5, 0.6) is 0 Å². The average molecular weight is 385 g/mol. The van der Waals surface area contributed by atoms with Gasteiger partial charge in [0.05, 0.1) is 6.61 Å². The van der Waals surface area contributed by atoms with Gasteiger partial charge in [-0.2, -0.15) is 13.2 Å². The predicted octanol–water partition coefficient (Wildman–Crippen LogP) is 2.96. The van der Waals surface area contributed by atoms with E-state index in [1.807, 2.05) is 5.32 Å². The van der Waals surface area contributed by atoms with E-state index in [1.165, 1.54) is 32.0 Å². The molecule has 2 aromatic rings. The van der Waals surface area contributed by atoms with Gasteiger partial charge in [0.2, 0.25) is 0 Å². The quantitative estimate of drug-likeness (QED) is 0.587. The van der Waals surface area contributed by atoms with Crippen molar-refractivity contribution >= 4 is 17.7 Å². The number of anilines is 1. The van der Waals surface area contributed by atoms with Crippen LogP contribution < -0.4 is 10.6 Å². The Labute approximate surface area is 152 Å². The third-order valence-electron chi connectivity index (χ3n) is 3.53. The first-order chi connectivity index (χ1) is 12.6. The molecular weight excluding hydrogens is 367 g/mol. The number of carbonyl (C=O) groups is 2. The van der Waals surface area contributed by atoms with E-state index >= 15 is 0 Å². The van der Waals surface area contributed by atoms with Crippen molar-refractivity contribution in [2.24, 2.45) is 0 Å². The molecule has 1 amide bonds. The van der Waals surface area contributed by atoms with E-state index in [9.17, 15) is 22.8 Å². The number of nitrogens with one attached hydrogen (secondary N) is 2. The Balaban J connectivity index is 2.48. The molecule has 0 radical (unpaired) electrons. The molecule has 0 fully saturated rings. The van der Waals surface area contributed by atoms with Gasteiger partial charge in [-0.15, -0.1) is 0 Å². The Hall–Kier alpha value is -3.04. The van der Waals surface area contributed by atoms with Gasteiger partial charge in [-0.25, -0.2) is 4.79 Å². The summed E-state index contributed by atoms with van der Waals surface area (Å²) >= 11 is 0. The van der Waals surface area contributed by atoms with E-state index in [4.69, 9.17) is 4.52 Å². The van der Waals surface area contributed by atoms with E-state index in [0.717, 1.165) is 6.07 Å². The number of ether oxygens (including phenoxy) is 1. The number of esters is 1. The lowest BCUT2D eigenvalue weighted by atomic mass is 10.1. The second kappa shape index (κ2) is 7.68. The number of benzene rings is 1. The van der Waals surface area contributed by atoms with Gasteiger partial charge in [-0.3, -0.25) is 4.79 Å². The van der Waals surface area contributed by atoms with Gasteiger partial charge in [-0.05, 0) is 32.9 Å². The second-order valence-electron chi connectivity index (χ2n) is 5.74. The van der Waals surface area contributed by atoms with Crippen molar-refractivity contribution in [3.8, 4) is 0 Å². The summed E-state index contributed by atoms with van der Waals surface area (Å²) in [5, 5.41) is 7.05. The maximum atomic E-state index is 14.0. The van der Waals surface area contributed by atoms with Crippen molar-refractivity contribution in [2.75, 3.05) is 11.9 Å². The number of rotatable bonds is 6. The Bertz CT molecular complexity index is 835. The summed E-state index contributed by atoms with van der Waals surface area (Å²) in [6.07, 6.45) is -5.24. The largest absolute Gasteiger partial charge is 0.463 e. The first-order valence-corrected chi connectivity index (χ1v) is 7.93. The monoisotopic (exact) mass is 385 g/mol. The fraction of sp³-hybridized carbons (Fsp3) is 0.353. The highest BCUT2D eigenvalue weighted by Crippen LogP contribution is 2.33. The van der Waals surface area contributed by atoms with Crippen molar-refractivity contribution in [3.63, 3.8) is 0 Å². The van der Waals surface area contributed by atoms with Crippen molar-refractivity contribution < 1.29 is 32.0 Å². The molecule has 0 spiro atoms. The molecule has 2 rings (SSSR count). The number of hydrogen-bond acceptors (Lipinski definition) is 6. The number of alkyl halides is 3. The lowest BCUT2D eigenvalue weighted by molar-refractivity contribution is -0.204. The minimum atomic E-state index is -5.24. The van der Waals surface area contributed by atoms with Crippen LogP contribution in [0.2, 0.25) is 0 Å². The van der Waals surface area contributed by atoms with E-state index in [0.29, 0.717) is 5.56 Å². The van der Waals surface area contributed by atoms with Gasteiger partial charge in [0, 0.05) is 11.6 Å². The molecule has 2 N–H and O–H groups in total. The summed E-state index contributed by atoms with van der Waals surface area (Å²) in [6.45, 7) is 4.16. The maximum absolute atomic E-state index is 14.0. The lowest BCUT2D eigenvalue weighted by Gasteiger charge is -2.34. The van der Waals surface area contributed by atoms with Crippen molar-refractivity contribution in [1.82, 2.24) is 10.5 Å². The highest BCUT2D eigenvalue weighted by atomic mass is 19.4. The number of aromatic nitrogens is 1. The Morgan fingerprint density at radius 1 is 1.22 bits per heavy atom. The number of carbonyl (C=O) groups excluding carboxylic acids is 2. The smallest absolute Gasteiger partial charge is 0.441 e. The molecule has 0 aliphatic carbocycles. The fourth-order valence-corrected chi connectivity index (χ4v) is 2.28. The Morgan fingerprint density at radius 2 is 1.93 bits per heavy atom. The molecule has 7 nitrogen and oxygen atoms in total. The van der Waals surface area contributed by atoms with Crippen molar-refractivity contribution in [1.29, 1.82) is 0 Å². The summed E-state index contributed by atoms with van der Waals surface area (Å²) in [4.78, 5) is 24.7. The van der Waals surface area contributed by atoms with E-state index in [2.05, 4.69) is 9.89 Å². The van der Waals surface area contributed by atoms with Crippen molar-refractivity contribution in [2.45, 2.75) is 32.6 Å². The predicted molar refractivity (Wildman–Crippen MR) is 88.9 cm³/mol. The summed E-state index contributed by atoms with van der Waals surface area (Å²) in [5.74, 6) is -3.01. The SMILES string of the molecule is CCOC(=O)[C@](NC(=O)c1cccc(C)c1)(Nc1cc(C)on1)C(F)(F)F. The molecule has 0 saturated carbocycles. The highest BCUT2D eigenvalue weighted by molar-refractivity contribution is 5.99. The number of halogens is 3. The third-order valence-corrected chi connectivity index (χ3v) is 3.53. The molecule has 0 unspecified atom stereocenters. The van der Waals surface area contributed by atoms with E-state index in [1.54, 1.807) is 18.3 Å². The molecule has 1 aromatic heterocycles. The van der Waals surface area contributed by atoms with Gasteiger partial charge < -0.3 is 19.9 Å². The molecular formula is C17H18F3N3O4. The average Bonchev–Trinajstić information content (AvgIpc) is 2.98. The third kappa shape index (κ3) is 4.39. The van der Waals surface area contributed by atoms with Crippen LogP contribution in [-0.4, -0.2) is 35.5 Å². The van der Waals surface area contributed by atoms with Crippen molar-refractivity contribution in [3.05, 3.63) is 47.2 Å². The summed E-state index contributed by atoms with van der Waals surface area (Å²) < 4.78 is 51.2. The van der Waals surface area contributed by atoms with Crippen LogP contribution in [0.3, 0.4) is 0 Å². The van der Waals surface area contributed by atoms with Crippen LogP contribution in [0, 0.1) is 13.8 Å². The van der Waals surface area contributed by atoms with Crippen LogP contribution in [-0.2, 0) is 9.53 Å². The molecule has 0 aliphatic heterocycles. The molecule has 1 aromatic carbocycles. The Kier molecular flexibility index (Phi) is 5.77. The summed E-state index contributed by atoms with van der Waals surface area (Å²) in [7, 11) is 0. The molecule has 0 saturated heterocycles. The normalized spacial score (nSPS) is 13.6. The summed E-state index contributed by atoms with van der Waals surface area (Å²) in [5.41, 5.74) is -2.94. The molecule has 146 valence electrons. The van der Waals surface area contributed by atoms with Gasteiger partial charge in [-0.1, -0.05) is 22.9 Å². The van der Waals surface area contributed by atoms with Gasteiger partial charge in [0.15, 0.2) is 5.82 Å². The zero-order valence-electron chi connectivity index (χ0n) is 14.8. The number of nitrogens with zero attached hydrogens (tertiary/aromatic N) is 1. The van der Waals surface area contributed by atoms with Crippen LogP contribution in [0.4, 0.5) is 19.0 Å². The van der Waals surface area contributed by atoms with Gasteiger partial charge in [0.25, 0.3) is 5.91 Å². The minimum absolute atomic E-state index is 0.0499. The van der Waals surface area contributed by atoms with E-state index < -0.39 is 23.7 Å². The van der Waals surface area contributed by atoms with Crippen LogP contribution in [0.1, 0.15) is 28.6 Å². The topological polar surface area (TPSA) is 93.5 Å². The summed E-state index contributed by atoms with van der Waals surface area (Å²) in [6, 6.07) is 7.06. The number of amides is 1. The zero-order chi connectivity index (χ0) is 20.2. The van der Waals surface area contributed by atoms with Gasteiger partial charge >= 0.3 is 17.8 Å². The second-order valence-corrected chi connectivity index (χ2v) is 5.74. The van der Waals surface area contributed by atoms with Crippen LogP contribution in [0.25, 0.3) is 0 Å². The molecule has 0 bridgehead atoms. The minimum Gasteiger partial charge on any atom is -0.463 e.